The zero-order valence-corrected chi connectivity index (χ0v) is 15.5. The van der Waals surface area contributed by atoms with Gasteiger partial charge in [-0.1, -0.05) is 5.21 Å². The smallest absolute Gasteiger partial charge is 0.410 e. The number of amides is 1. The Morgan fingerprint density at radius 3 is 2.76 bits per heavy atom. The van der Waals surface area contributed by atoms with Crippen LogP contribution in [0.4, 0.5) is 4.79 Å². The first-order chi connectivity index (χ1) is 11.8. The fraction of sp³-hybridized carbons (Fsp3) is 0.765. The molecule has 1 amide bonds. The summed E-state index contributed by atoms with van der Waals surface area (Å²) in [5, 5.41) is 7.80. The Hall–Kier alpha value is -2.12. The van der Waals surface area contributed by atoms with Crippen molar-refractivity contribution < 1.29 is 19.1 Å². The second-order valence-corrected chi connectivity index (χ2v) is 7.20. The minimum atomic E-state index is -0.500. The fourth-order valence-electron chi connectivity index (χ4n) is 2.85. The van der Waals surface area contributed by atoms with Crippen molar-refractivity contribution in [1.29, 1.82) is 0 Å². The highest BCUT2D eigenvalue weighted by Gasteiger charge is 2.30. The van der Waals surface area contributed by atoms with E-state index < -0.39 is 11.6 Å². The topological polar surface area (TPSA) is 86.5 Å². The summed E-state index contributed by atoms with van der Waals surface area (Å²) in [7, 11) is 0. The van der Waals surface area contributed by atoms with Crippen LogP contribution in [0.1, 0.15) is 63.9 Å². The van der Waals surface area contributed by atoms with Crippen LogP contribution < -0.4 is 0 Å². The molecule has 140 valence electrons. The van der Waals surface area contributed by atoms with Crippen molar-refractivity contribution in [2.24, 2.45) is 0 Å². The molecule has 0 saturated carbocycles. The molecule has 0 radical (unpaired) electrons. The predicted molar refractivity (Wildman–Crippen MR) is 91.2 cm³/mol. The first kappa shape index (κ1) is 19.2. The van der Waals surface area contributed by atoms with Gasteiger partial charge in [-0.25, -0.2) is 9.59 Å². The summed E-state index contributed by atoms with van der Waals surface area (Å²) >= 11 is 0. The number of aromatic nitrogens is 3. The molecular weight excluding hydrogens is 324 g/mol. The van der Waals surface area contributed by atoms with E-state index in [1.165, 1.54) is 0 Å². The van der Waals surface area contributed by atoms with Gasteiger partial charge in [-0.05, 0) is 53.4 Å². The fourth-order valence-corrected chi connectivity index (χ4v) is 2.85. The van der Waals surface area contributed by atoms with Gasteiger partial charge in [0.25, 0.3) is 0 Å². The van der Waals surface area contributed by atoms with Crippen LogP contribution in [0.5, 0.6) is 0 Å². The zero-order valence-electron chi connectivity index (χ0n) is 15.5. The van der Waals surface area contributed by atoms with Gasteiger partial charge in [-0.15, -0.1) is 5.10 Å². The lowest BCUT2D eigenvalue weighted by atomic mass is 10.00. The van der Waals surface area contributed by atoms with E-state index in [4.69, 9.17) is 9.47 Å². The summed E-state index contributed by atoms with van der Waals surface area (Å²) in [5.74, 6) is -0.471. The van der Waals surface area contributed by atoms with Gasteiger partial charge < -0.3 is 14.4 Å². The van der Waals surface area contributed by atoms with Gasteiger partial charge in [0.05, 0.1) is 12.8 Å². The van der Waals surface area contributed by atoms with Gasteiger partial charge in [0.15, 0.2) is 5.69 Å². The van der Waals surface area contributed by atoms with Crippen LogP contribution in [0.3, 0.4) is 0 Å². The Morgan fingerprint density at radius 2 is 2.08 bits per heavy atom. The van der Waals surface area contributed by atoms with Crippen molar-refractivity contribution in [1.82, 2.24) is 19.9 Å². The summed E-state index contributed by atoms with van der Waals surface area (Å²) < 4.78 is 12.0. The Labute approximate surface area is 148 Å². The molecule has 0 aromatic carbocycles. The summed E-state index contributed by atoms with van der Waals surface area (Å²) in [4.78, 5) is 25.9. The van der Waals surface area contributed by atoms with Crippen LogP contribution in [-0.4, -0.2) is 56.8 Å². The average Bonchev–Trinajstić information content (AvgIpc) is 3.01. The van der Waals surface area contributed by atoms with Gasteiger partial charge in [0.2, 0.25) is 0 Å². The minimum absolute atomic E-state index is 0.110. The monoisotopic (exact) mass is 352 g/mol. The summed E-state index contributed by atoms with van der Waals surface area (Å²) in [5.41, 5.74) is -0.297. The lowest BCUT2D eigenvalue weighted by Gasteiger charge is -2.36. The maximum atomic E-state index is 12.4. The molecule has 0 N–H and O–H groups in total. The number of hydrogen-bond acceptors (Lipinski definition) is 6. The lowest BCUT2D eigenvalue weighted by Crippen LogP contribution is -2.46. The summed E-state index contributed by atoms with van der Waals surface area (Å²) in [6.07, 6.45) is 5.09. The quantitative estimate of drug-likeness (QED) is 0.757. The number of rotatable bonds is 5. The molecule has 25 heavy (non-hydrogen) atoms. The molecule has 8 heteroatoms. The van der Waals surface area contributed by atoms with Crippen molar-refractivity contribution in [3.8, 4) is 0 Å². The van der Waals surface area contributed by atoms with Crippen molar-refractivity contribution in [3.05, 3.63) is 11.9 Å². The Bertz CT molecular complexity index is 594. The van der Waals surface area contributed by atoms with E-state index in [1.807, 2.05) is 25.7 Å². The number of ether oxygens (including phenoxy) is 2. The highest BCUT2D eigenvalue weighted by Crippen LogP contribution is 2.23. The third kappa shape index (κ3) is 5.72. The predicted octanol–water partition coefficient (Wildman–Crippen LogP) is 2.63. The van der Waals surface area contributed by atoms with Gasteiger partial charge in [0, 0.05) is 19.1 Å². The number of piperidine rings is 1. The van der Waals surface area contributed by atoms with E-state index in [0.717, 1.165) is 25.7 Å². The van der Waals surface area contributed by atoms with Crippen molar-refractivity contribution in [2.45, 2.75) is 71.6 Å². The van der Waals surface area contributed by atoms with Crippen molar-refractivity contribution >= 4 is 12.1 Å². The summed E-state index contributed by atoms with van der Waals surface area (Å²) in [6, 6.07) is 0.110. The van der Waals surface area contributed by atoms with E-state index in [0.29, 0.717) is 19.7 Å². The molecule has 0 aliphatic carbocycles. The van der Waals surface area contributed by atoms with Gasteiger partial charge in [-0.3, -0.25) is 4.68 Å². The molecule has 1 fully saturated rings. The molecule has 0 bridgehead atoms. The molecule has 1 aromatic rings. The van der Waals surface area contributed by atoms with Crippen molar-refractivity contribution in [3.63, 3.8) is 0 Å². The van der Waals surface area contributed by atoms with Gasteiger partial charge >= 0.3 is 12.1 Å². The van der Waals surface area contributed by atoms with Crippen LogP contribution in [0.2, 0.25) is 0 Å². The number of carbonyl (C=O) groups excluding carboxylic acids is 2. The minimum Gasteiger partial charge on any atom is -0.461 e. The molecule has 0 spiro atoms. The molecule has 2 heterocycles. The highest BCUT2D eigenvalue weighted by atomic mass is 16.6. The number of aryl methyl sites for hydroxylation is 1. The van der Waals surface area contributed by atoms with Gasteiger partial charge in [0.1, 0.15) is 5.60 Å². The lowest BCUT2D eigenvalue weighted by molar-refractivity contribution is 0.00824. The molecule has 0 unspecified atom stereocenters. The first-order valence-corrected chi connectivity index (χ1v) is 8.87. The first-order valence-electron chi connectivity index (χ1n) is 8.87. The molecule has 8 nitrogen and oxygen atoms in total. The SMILES string of the molecule is CCOC(=O)c1cn(CC[C@@H]2CCCCN2C(=O)OC(C)(C)C)nn1. The standard InChI is InChI=1S/C17H28N4O4/c1-5-24-15(22)14-12-20(19-18-14)11-9-13-8-6-7-10-21(13)16(23)25-17(2,3)4/h12-13H,5-11H2,1-4H3/t13-/m0/s1. The Balaban J connectivity index is 1.93. The average molecular weight is 352 g/mol. The van der Waals surface area contributed by atoms with E-state index in [1.54, 1.807) is 17.8 Å². The number of esters is 1. The van der Waals surface area contributed by atoms with Crippen LogP contribution in [0, 0.1) is 0 Å². The normalized spacial score (nSPS) is 18.1. The van der Waals surface area contributed by atoms with Gasteiger partial charge in [-0.2, -0.15) is 0 Å². The molecule has 1 aliphatic rings. The highest BCUT2D eigenvalue weighted by molar-refractivity contribution is 5.86. The van der Waals surface area contributed by atoms with E-state index in [2.05, 4.69) is 10.3 Å². The second-order valence-electron chi connectivity index (χ2n) is 7.20. The maximum absolute atomic E-state index is 12.4. The Kier molecular flexibility index (Phi) is 6.39. The number of nitrogens with zero attached hydrogens (tertiary/aromatic N) is 4. The molecule has 1 aromatic heterocycles. The summed E-state index contributed by atoms with van der Waals surface area (Å²) in [6.45, 7) is 8.96. The molecule has 1 saturated heterocycles. The number of likely N-dealkylation sites (tertiary alicyclic amines) is 1. The Morgan fingerprint density at radius 1 is 1.32 bits per heavy atom. The zero-order chi connectivity index (χ0) is 18.4. The van der Waals surface area contributed by atoms with E-state index in [9.17, 15) is 9.59 Å². The third-order valence-electron chi connectivity index (χ3n) is 3.97. The maximum Gasteiger partial charge on any atom is 0.410 e. The number of carbonyl (C=O) groups is 2. The second kappa shape index (κ2) is 8.31. The third-order valence-corrected chi connectivity index (χ3v) is 3.97. The van der Waals surface area contributed by atoms with Crippen LogP contribution in [0.15, 0.2) is 6.20 Å². The molecule has 1 aliphatic heterocycles. The molecule has 2 rings (SSSR count). The number of hydrogen-bond donors (Lipinski definition) is 0. The molecular formula is C17H28N4O4. The van der Waals surface area contributed by atoms with E-state index >= 15 is 0 Å². The van der Waals surface area contributed by atoms with Crippen LogP contribution in [0.25, 0.3) is 0 Å². The molecule has 1 atom stereocenters. The van der Waals surface area contributed by atoms with Crippen molar-refractivity contribution in [2.75, 3.05) is 13.2 Å². The van der Waals surface area contributed by atoms with Crippen LogP contribution in [-0.2, 0) is 16.0 Å². The van der Waals surface area contributed by atoms with Crippen LogP contribution >= 0.6 is 0 Å². The largest absolute Gasteiger partial charge is 0.461 e. The van der Waals surface area contributed by atoms with E-state index in [-0.39, 0.29) is 17.8 Å².